The highest BCUT2D eigenvalue weighted by molar-refractivity contribution is 9.10. The van der Waals surface area contributed by atoms with Crippen molar-refractivity contribution < 1.29 is 9.47 Å². The molecular formula is C17H19BrN4O2. The second kappa shape index (κ2) is 8.23. The maximum Gasteiger partial charge on any atom is 0.157 e. The number of nitrogens with one attached hydrogen (secondary N) is 2. The van der Waals surface area contributed by atoms with Crippen molar-refractivity contribution in [2.75, 3.05) is 33.4 Å². The first-order chi connectivity index (χ1) is 11.8. The van der Waals surface area contributed by atoms with Gasteiger partial charge in [-0.25, -0.2) is 9.97 Å². The van der Waals surface area contributed by atoms with Gasteiger partial charge >= 0.3 is 0 Å². The Bertz CT molecular complexity index is 789. The number of halogens is 1. The summed E-state index contributed by atoms with van der Waals surface area (Å²) in [6.07, 6.45) is 1.75. The molecule has 0 aliphatic carbocycles. The fourth-order valence-electron chi connectivity index (χ4n) is 2.26. The van der Waals surface area contributed by atoms with Crippen LogP contribution in [0.2, 0.25) is 0 Å². The number of imidazole rings is 1. The Morgan fingerprint density at radius 2 is 1.96 bits per heavy atom. The van der Waals surface area contributed by atoms with E-state index in [-0.39, 0.29) is 0 Å². The second-order valence-electron chi connectivity index (χ2n) is 5.22. The monoisotopic (exact) mass is 390 g/mol. The molecule has 0 aliphatic heterocycles. The summed E-state index contributed by atoms with van der Waals surface area (Å²) in [6, 6.07) is 9.80. The molecule has 0 bridgehead atoms. The Kier molecular flexibility index (Phi) is 5.79. The van der Waals surface area contributed by atoms with Crippen LogP contribution in [0.15, 0.2) is 41.0 Å². The first-order valence-electron chi connectivity index (χ1n) is 7.70. The van der Waals surface area contributed by atoms with Gasteiger partial charge in [-0.1, -0.05) is 0 Å². The first-order valence-corrected chi connectivity index (χ1v) is 8.50. The van der Waals surface area contributed by atoms with Crippen molar-refractivity contribution in [2.24, 2.45) is 0 Å². The van der Waals surface area contributed by atoms with Crippen LogP contribution >= 0.6 is 15.9 Å². The second-order valence-corrected chi connectivity index (χ2v) is 6.14. The van der Waals surface area contributed by atoms with E-state index in [4.69, 9.17) is 9.47 Å². The van der Waals surface area contributed by atoms with Crippen molar-refractivity contribution in [3.63, 3.8) is 0 Å². The Morgan fingerprint density at radius 1 is 1.17 bits per heavy atom. The number of fused-ring (bicyclic) bond motifs is 1. The highest BCUT2D eigenvalue weighted by atomic mass is 79.9. The molecule has 7 heteroatoms. The summed E-state index contributed by atoms with van der Waals surface area (Å²) in [4.78, 5) is 12.1. The number of aromatic nitrogens is 3. The fraction of sp³-hybridized carbons (Fsp3) is 0.294. The standard InChI is InChI=1S/C17H19BrN4O2/c1-23-8-6-19-7-9-24-14-4-2-12(3-5-14)16-21-15-10-13(18)11-20-17(15)22-16/h2-5,10-11,19H,6-9H2,1H3,(H,20,21,22). The number of pyridine rings is 1. The highest BCUT2D eigenvalue weighted by Gasteiger charge is 2.07. The molecule has 0 fully saturated rings. The van der Waals surface area contributed by atoms with Crippen LogP contribution in [0.3, 0.4) is 0 Å². The van der Waals surface area contributed by atoms with Gasteiger partial charge in [0.15, 0.2) is 5.65 Å². The minimum absolute atomic E-state index is 0.617. The summed E-state index contributed by atoms with van der Waals surface area (Å²) in [7, 11) is 1.69. The molecule has 0 saturated heterocycles. The number of nitrogens with zero attached hydrogens (tertiary/aromatic N) is 2. The summed E-state index contributed by atoms with van der Waals surface area (Å²) in [5.41, 5.74) is 2.60. The molecule has 2 aromatic heterocycles. The molecule has 0 saturated carbocycles. The van der Waals surface area contributed by atoms with Crippen molar-refractivity contribution >= 4 is 27.1 Å². The Hall–Kier alpha value is -1.96. The lowest BCUT2D eigenvalue weighted by molar-refractivity contribution is 0.197. The van der Waals surface area contributed by atoms with Gasteiger partial charge in [0.25, 0.3) is 0 Å². The maximum atomic E-state index is 5.70. The number of hydrogen-bond donors (Lipinski definition) is 2. The molecule has 24 heavy (non-hydrogen) atoms. The van der Waals surface area contributed by atoms with Crippen LogP contribution in [-0.4, -0.2) is 48.4 Å². The van der Waals surface area contributed by atoms with Gasteiger partial charge in [0.1, 0.15) is 23.7 Å². The summed E-state index contributed by atoms with van der Waals surface area (Å²) in [6.45, 7) is 2.94. The van der Waals surface area contributed by atoms with Crippen LogP contribution in [-0.2, 0) is 4.74 Å². The van der Waals surface area contributed by atoms with Gasteiger partial charge in [0.2, 0.25) is 0 Å². The smallest absolute Gasteiger partial charge is 0.157 e. The third-order valence-corrected chi connectivity index (χ3v) is 3.90. The lowest BCUT2D eigenvalue weighted by atomic mass is 10.2. The van der Waals surface area contributed by atoms with E-state index < -0.39 is 0 Å². The molecule has 6 nitrogen and oxygen atoms in total. The SMILES string of the molecule is COCCNCCOc1ccc(-c2nc3cc(Br)cnc3[nH]2)cc1. The molecule has 3 aromatic rings. The molecule has 126 valence electrons. The van der Waals surface area contributed by atoms with E-state index >= 15 is 0 Å². The maximum absolute atomic E-state index is 5.70. The fourth-order valence-corrected chi connectivity index (χ4v) is 2.58. The molecule has 3 rings (SSSR count). The first kappa shape index (κ1) is 16.9. The molecule has 0 atom stereocenters. The van der Waals surface area contributed by atoms with E-state index in [0.717, 1.165) is 45.9 Å². The lowest BCUT2D eigenvalue weighted by Crippen LogP contribution is -2.24. The van der Waals surface area contributed by atoms with Gasteiger partial charge in [-0.15, -0.1) is 0 Å². The zero-order valence-electron chi connectivity index (χ0n) is 13.4. The van der Waals surface area contributed by atoms with E-state index in [1.807, 2.05) is 30.3 Å². The van der Waals surface area contributed by atoms with Crippen molar-refractivity contribution in [1.29, 1.82) is 0 Å². The zero-order valence-corrected chi connectivity index (χ0v) is 15.0. The number of H-pyrrole nitrogens is 1. The van der Waals surface area contributed by atoms with Crippen LogP contribution in [0, 0.1) is 0 Å². The number of benzene rings is 1. The van der Waals surface area contributed by atoms with Gasteiger partial charge in [-0.3, -0.25) is 0 Å². The van der Waals surface area contributed by atoms with Crippen molar-refractivity contribution in [3.05, 3.63) is 41.0 Å². The summed E-state index contributed by atoms with van der Waals surface area (Å²) < 4.78 is 11.6. The predicted molar refractivity (Wildman–Crippen MR) is 97.3 cm³/mol. The summed E-state index contributed by atoms with van der Waals surface area (Å²) in [5, 5.41) is 3.24. The largest absolute Gasteiger partial charge is 0.492 e. The molecule has 0 spiro atoms. The summed E-state index contributed by atoms with van der Waals surface area (Å²) in [5.74, 6) is 1.63. The van der Waals surface area contributed by atoms with E-state index in [2.05, 4.69) is 36.2 Å². The van der Waals surface area contributed by atoms with E-state index in [9.17, 15) is 0 Å². The molecule has 2 heterocycles. The predicted octanol–water partition coefficient (Wildman–Crippen LogP) is 3.00. The summed E-state index contributed by atoms with van der Waals surface area (Å²) >= 11 is 3.41. The van der Waals surface area contributed by atoms with Gasteiger partial charge in [0, 0.05) is 36.4 Å². The number of aromatic amines is 1. The molecule has 0 radical (unpaired) electrons. The Labute approximate surface area is 148 Å². The lowest BCUT2D eigenvalue weighted by Gasteiger charge is -2.07. The van der Waals surface area contributed by atoms with Gasteiger partial charge in [-0.2, -0.15) is 0 Å². The van der Waals surface area contributed by atoms with E-state index in [1.54, 1.807) is 13.3 Å². The minimum Gasteiger partial charge on any atom is -0.492 e. The molecular weight excluding hydrogens is 372 g/mol. The number of ether oxygens (including phenoxy) is 2. The highest BCUT2D eigenvalue weighted by Crippen LogP contribution is 2.23. The molecule has 0 amide bonds. The molecule has 2 N–H and O–H groups in total. The molecule has 0 aliphatic rings. The topological polar surface area (TPSA) is 72.1 Å². The number of rotatable bonds is 8. The van der Waals surface area contributed by atoms with Gasteiger partial charge in [-0.05, 0) is 46.3 Å². The normalized spacial score (nSPS) is 11.1. The van der Waals surface area contributed by atoms with Crippen LogP contribution < -0.4 is 10.1 Å². The average Bonchev–Trinajstić information content (AvgIpc) is 3.01. The number of hydrogen-bond acceptors (Lipinski definition) is 5. The Morgan fingerprint density at radius 3 is 2.75 bits per heavy atom. The van der Waals surface area contributed by atoms with Crippen LogP contribution in [0.4, 0.5) is 0 Å². The molecule has 1 aromatic carbocycles. The van der Waals surface area contributed by atoms with E-state index in [0.29, 0.717) is 13.2 Å². The quantitative estimate of drug-likeness (QED) is 0.578. The van der Waals surface area contributed by atoms with Crippen LogP contribution in [0.1, 0.15) is 0 Å². The third-order valence-electron chi connectivity index (χ3n) is 3.46. The molecule has 0 unspecified atom stereocenters. The van der Waals surface area contributed by atoms with Gasteiger partial charge < -0.3 is 19.8 Å². The van der Waals surface area contributed by atoms with Crippen molar-refractivity contribution in [3.8, 4) is 17.1 Å². The average molecular weight is 391 g/mol. The Balaban J connectivity index is 1.59. The van der Waals surface area contributed by atoms with Crippen LogP contribution in [0.5, 0.6) is 5.75 Å². The van der Waals surface area contributed by atoms with Gasteiger partial charge in [0.05, 0.1) is 6.61 Å². The van der Waals surface area contributed by atoms with E-state index in [1.165, 1.54) is 0 Å². The number of methoxy groups -OCH3 is 1. The zero-order chi connectivity index (χ0) is 16.8. The van der Waals surface area contributed by atoms with Crippen molar-refractivity contribution in [1.82, 2.24) is 20.3 Å². The minimum atomic E-state index is 0.617. The van der Waals surface area contributed by atoms with Crippen LogP contribution in [0.25, 0.3) is 22.6 Å². The van der Waals surface area contributed by atoms with Crippen molar-refractivity contribution in [2.45, 2.75) is 0 Å². The third kappa shape index (κ3) is 4.31.